The third kappa shape index (κ3) is 5.50. The summed E-state index contributed by atoms with van der Waals surface area (Å²) >= 11 is 0. The predicted molar refractivity (Wildman–Crippen MR) is 130 cm³/mol. The van der Waals surface area contributed by atoms with Gasteiger partial charge in [0.1, 0.15) is 6.73 Å². The molecule has 3 rings (SSSR count). The summed E-state index contributed by atoms with van der Waals surface area (Å²) in [5.41, 5.74) is 4.37. The van der Waals surface area contributed by atoms with Gasteiger partial charge in [-0.3, -0.25) is 0 Å². The largest absolute Gasteiger partial charge is 0.392 e. The van der Waals surface area contributed by atoms with Gasteiger partial charge >= 0.3 is 0 Å². The number of anilines is 1. The highest BCUT2D eigenvalue weighted by atomic mass is 32.2. The quantitative estimate of drug-likeness (QED) is 0.301. The van der Waals surface area contributed by atoms with Crippen molar-refractivity contribution >= 4 is 15.9 Å². The summed E-state index contributed by atoms with van der Waals surface area (Å²) in [6.07, 6.45) is 1.63. The zero-order chi connectivity index (χ0) is 24.7. The van der Waals surface area contributed by atoms with Crippen LogP contribution in [0.5, 0.6) is 0 Å². The van der Waals surface area contributed by atoms with Crippen LogP contribution >= 0.6 is 0 Å². The number of ether oxygens (including phenoxy) is 2. The number of aliphatic hydroxyl groups excluding tert-OH is 1. The van der Waals surface area contributed by atoms with Gasteiger partial charge in [0.2, 0.25) is 5.88 Å². The van der Waals surface area contributed by atoms with Gasteiger partial charge in [-0.15, -0.1) is 0 Å². The number of aliphatic hydroxyl groups is 1. The predicted octanol–water partition coefficient (Wildman–Crippen LogP) is 4.22. The first-order chi connectivity index (χ1) is 16.3. The van der Waals surface area contributed by atoms with E-state index in [1.165, 1.54) is 0 Å². The monoisotopic (exact) mass is 488 g/mol. The van der Waals surface area contributed by atoms with E-state index >= 15 is 0 Å². The number of nitrogens with zero attached hydrogens (tertiary/aromatic N) is 2. The van der Waals surface area contributed by atoms with E-state index in [1.54, 1.807) is 39.2 Å². The van der Waals surface area contributed by atoms with E-state index in [0.717, 1.165) is 33.8 Å². The van der Waals surface area contributed by atoms with Crippen LogP contribution in [0, 0.1) is 13.8 Å². The van der Waals surface area contributed by atoms with Crippen molar-refractivity contribution in [3.8, 4) is 11.1 Å². The van der Waals surface area contributed by atoms with Crippen LogP contribution in [0.15, 0.2) is 51.9 Å². The van der Waals surface area contributed by atoms with E-state index in [0.29, 0.717) is 23.4 Å². The van der Waals surface area contributed by atoms with Gasteiger partial charge in [-0.05, 0) is 43.0 Å². The Morgan fingerprint density at radius 2 is 1.85 bits per heavy atom. The van der Waals surface area contributed by atoms with Crippen LogP contribution in [-0.2, 0) is 32.5 Å². The highest BCUT2D eigenvalue weighted by Crippen LogP contribution is 2.35. The molecule has 0 saturated heterocycles. The maximum atomic E-state index is 14.0. The molecule has 0 aliphatic rings. The summed E-state index contributed by atoms with van der Waals surface area (Å²) in [4.78, 5) is 0.132. The molecule has 0 atom stereocenters. The Hall–Kier alpha value is -2.72. The van der Waals surface area contributed by atoms with Gasteiger partial charge in [0.15, 0.2) is 0 Å². The molecule has 0 unspecified atom stereocenters. The van der Waals surface area contributed by atoms with Gasteiger partial charge in [0.25, 0.3) is 10.0 Å². The van der Waals surface area contributed by atoms with Crippen molar-refractivity contribution in [2.75, 3.05) is 31.4 Å². The van der Waals surface area contributed by atoms with Crippen LogP contribution in [0.4, 0.5) is 5.88 Å². The fourth-order valence-electron chi connectivity index (χ4n) is 3.68. The average molecular weight is 489 g/mol. The third-order valence-electron chi connectivity index (χ3n) is 5.62. The Bertz CT molecular complexity index is 1210. The molecule has 3 aromatic rings. The van der Waals surface area contributed by atoms with Crippen LogP contribution in [0.2, 0.25) is 0 Å². The first kappa shape index (κ1) is 25.9. The lowest BCUT2D eigenvalue weighted by molar-refractivity contribution is 0.0744. The summed E-state index contributed by atoms with van der Waals surface area (Å²) in [5.74, 6) is 0.120. The van der Waals surface area contributed by atoms with E-state index < -0.39 is 10.0 Å². The van der Waals surface area contributed by atoms with Gasteiger partial charge in [-0.2, -0.15) is 0 Å². The second-order valence-corrected chi connectivity index (χ2v) is 9.81. The fourth-order valence-corrected chi connectivity index (χ4v) is 5.23. The molecule has 0 bridgehead atoms. The molecule has 0 fully saturated rings. The van der Waals surface area contributed by atoms with E-state index in [1.807, 2.05) is 24.3 Å². The van der Waals surface area contributed by atoms with E-state index in [2.05, 4.69) is 12.1 Å². The topological polar surface area (TPSA) is 102 Å². The van der Waals surface area contributed by atoms with Crippen molar-refractivity contribution < 1.29 is 27.5 Å². The maximum absolute atomic E-state index is 14.0. The number of hydrogen-bond donors (Lipinski definition) is 1. The smallest absolute Gasteiger partial charge is 0.269 e. The van der Waals surface area contributed by atoms with Crippen LogP contribution in [-0.4, -0.2) is 45.7 Å². The Balaban J connectivity index is 2.13. The van der Waals surface area contributed by atoms with Gasteiger partial charge in [0.05, 0.1) is 30.4 Å². The molecule has 0 spiro atoms. The molecule has 0 radical (unpaired) electrons. The lowest BCUT2D eigenvalue weighted by Gasteiger charge is -2.24. The first-order valence-corrected chi connectivity index (χ1v) is 12.6. The SMILES string of the molecule is CCCc1cc(CO)ccc1-c1ccccc1S(=O)(=O)N(COCCOC)c1onc(C)c1C. The number of hydrogen-bond acceptors (Lipinski definition) is 7. The van der Waals surface area contributed by atoms with Gasteiger partial charge in [0, 0.05) is 18.2 Å². The Labute approximate surface area is 201 Å². The molecular weight excluding hydrogens is 456 g/mol. The molecule has 1 N–H and O–H groups in total. The van der Waals surface area contributed by atoms with Crippen molar-refractivity contribution in [3.05, 3.63) is 64.8 Å². The molecular formula is C25H32N2O6S. The van der Waals surface area contributed by atoms with Crippen LogP contribution in [0.3, 0.4) is 0 Å². The summed E-state index contributed by atoms with van der Waals surface area (Å²) in [5, 5.41) is 13.5. The molecule has 9 heteroatoms. The molecule has 2 aromatic carbocycles. The number of benzene rings is 2. The summed E-state index contributed by atoms with van der Waals surface area (Å²) in [6, 6.07) is 12.5. The molecule has 34 heavy (non-hydrogen) atoms. The maximum Gasteiger partial charge on any atom is 0.269 e. The number of aromatic nitrogens is 1. The lowest BCUT2D eigenvalue weighted by Crippen LogP contribution is -2.34. The zero-order valence-electron chi connectivity index (χ0n) is 20.1. The van der Waals surface area contributed by atoms with E-state index in [-0.39, 0.29) is 30.7 Å². The first-order valence-electron chi connectivity index (χ1n) is 11.2. The normalized spacial score (nSPS) is 11.7. The van der Waals surface area contributed by atoms with Crippen molar-refractivity contribution in [1.82, 2.24) is 5.16 Å². The molecule has 1 aromatic heterocycles. The minimum absolute atomic E-state index is 0.0757. The van der Waals surface area contributed by atoms with Crippen molar-refractivity contribution in [2.24, 2.45) is 0 Å². The van der Waals surface area contributed by atoms with Gasteiger partial charge in [-0.1, -0.05) is 54.9 Å². The average Bonchev–Trinajstić information content (AvgIpc) is 3.17. The lowest BCUT2D eigenvalue weighted by atomic mass is 9.95. The molecule has 0 aliphatic carbocycles. The number of rotatable bonds is 12. The molecule has 0 amide bonds. The van der Waals surface area contributed by atoms with E-state index in [9.17, 15) is 13.5 Å². The number of aryl methyl sites for hydroxylation is 2. The zero-order valence-corrected chi connectivity index (χ0v) is 20.9. The minimum atomic E-state index is -4.09. The molecule has 0 saturated carbocycles. The Morgan fingerprint density at radius 3 is 2.50 bits per heavy atom. The third-order valence-corrected chi connectivity index (χ3v) is 7.38. The summed E-state index contributed by atoms with van der Waals surface area (Å²) in [6.45, 7) is 5.81. The molecule has 184 valence electrons. The number of sulfonamides is 1. The van der Waals surface area contributed by atoms with E-state index in [4.69, 9.17) is 14.0 Å². The molecule has 0 aliphatic heterocycles. The van der Waals surface area contributed by atoms with Crippen LogP contribution < -0.4 is 4.31 Å². The molecule has 8 nitrogen and oxygen atoms in total. The van der Waals surface area contributed by atoms with Crippen LogP contribution in [0.25, 0.3) is 11.1 Å². The summed E-state index contributed by atoms with van der Waals surface area (Å²) in [7, 11) is -2.54. The fraction of sp³-hybridized carbons (Fsp3) is 0.400. The van der Waals surface area contributed by atoms with Crippen molar-refractivity contribution in [1.29, 1.82) is 0 Å². The van der Waals surface area contributed by atoms with Crippen molar-refractivity contribution in [3.63, 3.8) is 0 Å². The highest BCUT2D eigenvalue weighted by Gasteiger charge is 2.32. The van der Waals surface area contributed by atoms with Gasteiger partial charge < -0.3 is 19.1 Å². The van der Waals surface area contributed by atoms with Crippen molar-refractivity contribution in [2.45, 2.75) is 45.1 Å². The minimum Gasteiger partial charge on any atom is -0.392 e. The highest BCUT2D eigenvalue weighted by molar-refractivity contribution is 7.93. The number of methoxy groups -OCH3 is 1. The summed E-state index contributed by atoms with van der Waals surface area (Å²) < 4.78 is 45.2. The van der Waals surface area contributed by atoms with Crippen LogP contribution in [0.1, 0.15) is 35.7 Å². The second kappa shape index (κ2) is 11.6. The standard InChI is InChI=1S/C25H32N2O6S/c1-5-8-21-15-20(16-28)11-12-22(21)23-9-6-7-10-24(23)34(29,30)27(17-32-14-13-31-4)25-18(2)19(3)26-33-25/h6-7,9-12,15,28H,5,8,13-14,16-17H2,1-4H3. The Kier molecular flexibility index (Phi) is 8.84. The van der Waals surface area contributed by atoms with Gasteiger partial charge in [-0.25, -0.2) is 12.7 Å². The Morgan fingerprint density at radius 1 is 1.09 bits per heavy atom. The second-order valence-electron chi connectivity index (χ2n) is 7.98. The molecule has 1 heterocycles.